The quantitative estimate of drug-likeness (QED) is 0.753. The van der Waals surface area contributed by atoms with E-state index < -0.39 is 0 Å². The lowest BCUT2D eigenvalue weighted by molar-refractivity contribution is 0.0958. The maximum absolute atomic E-state index is 11.4. The Balaban J connectivity index is 1.77. The molecule has 0 radical (unpaired) electrons. The van der Waals surface area contributed by atoms with Crippen LogP contribution in [0.5, 0.6) is 0 Å². The lowest BCUT2D eigenvalue weighted by Gasteiger charge is -2.29. The summed E-state index contributed by atoms with van der Waals surface area (Å²) in [7, 11) is 1.61. The number of pyridine rings is 1. The number of rotatable bonds is 2. The maximum atomic E-state index is 11.4. The highest BCUT2D eigenvalue weighted by molar-refractivity contribution is 5.92. The third kappa shape index (κ3) is 1.86. The second-order valence-corrected chi connectivity index (χ2v) is 4.54. The van der Waals surface area contributed by atoms with Gasteiger partial charge in [-0.05, 0) is 18.6 Å². The molecule has 17 heavy (non-hydrogen) atoms. The molecule has 5 heteroatoms. The Hall–Kier alpha value is -1.62. The van der Waals surface area contributed by atoms with Crippen LogP contribution < -0.4 is 15.5 Å². The first-order valence-electron chi connectivity index (χ1n) is 5.98. The zero-order valence-electron chi connectivity index (χ0n) is 9.81. The van der Waals surface area contributed by atoms with Crippen LogP contribution in [0.4, 0.5) is 5.69 Å². The smallest absolute Gasteiger partial charge is 0.269 e. The Morgan fingerprint density at radius 3 is 3.18 bits per heavy atom. The molecule has 0 bridgehead atoms. The van der Waals surface area contributed by atoms with Crippen molar-refractivity contribution in [1.29, 1.82) is 0 Å². The van der Waals surface area contributed by atoms with Gasteiger partial charge in [0.2, 0.25) is 0 Å². The van der Waals surface area contributed by atoms with Crippen LogP contribution >= 0.6 is 0 Å². The summed E-state index contributed by atoms with van der Waals surface area (Å²) in [6.07, 6.45) is 3.02. The molecule has 0 spiro atoms. The van der Waals surface area contributed by atoms with Crippen molar-refractivity contribution in [1.82, 2.24) is 15.6 Å². The van der Waals surface area contributed by atoms with Crippen LogP contribution in [0.15, 0.2) is 18.3 Å². The number of anilines is 1. The number of fused-ring (bicyclic) bond motifs is 1. The van der Waals surface area contributed by atoms with Gasteiger partial charge in [0.15, 0.2) is 0 Å². The minimum absolute atomic E-state index is 0.138. The first kappa shape index (κ1) is 10.5. The molecule has 2 fully saturated rings. The molecule has 3 rings (SSSR count). The summed E-state index contributed by atoms with van der Waals surface area (Å²) in [4.78, 5) is 18.0. The number of amides is 1. The Kier molecular flexibility index (Phi) is 2.48. The molecule has 1 aliphatic carbocycles. The van der Waals surface area contributed by atoms with Gasteiger partial charge in [-0.2, -0.15) is 0 Å². The highest BCUT2D eigenvalue weighted by atomic mass is 16.1. The van der Waals surface area contributed by atoms with Crippen LogP contribution in [0.3, 0.4) is 0 Å². The van der Waals surface area contributed by atoms with Crippen molar-refractivity contribution >= 4 is 11.6 Å². The molecule has 2 aliphatic rings. The van der Waals surface area contributed by atoms with Gasteiger partial charge in [0.25, 0.3) is 5.91 Å². The predicted molar refractivity (Wildman–Crippen MR) is 65.2 cm³/mol. The monoisotopic (exact) mass is 232 g/mol. The number of nitrogens with zero attached hydrogens (tertiary/aromatic N) is 2. The first-order valence-corrected chi connectivity index (χ1v) is 5.98. The van der Waals surface area contributed by atoms with E-state index in [-0.39, 0.29) is 5.91 Å². The topological polar surface area (TPSA) is 57.3 Å². The van der Waals surface area contributed by atoms with Crippen molar-refractivity contribution in [3.8, 4) is 0 Å². The van der Waals surface area contributed by atoms with Gasteiger partial charge in [0.05, 0.1) is 11.9 Å². The third-order valence-corrected chi connectivity index (χ3v) is 3.46. The predicted octanol–water partition coefficient (Wildman–Crippen LogP) is -0.00830. The summed E-state index contributed by atoms with van der Waals surface area (Å²) in [6, 6.07) is 5.05. The van der Waals surface area contributed by atoms with Gasteiger partial charge in [-0.1, -0.05) is 0 Å². The highest BCUT2D eigenvalue weighted by Crippen LogP contribution is 2.33. The second kappa shape index (κ2) is 4.00. The summed E-state index contributed by atoms with van der Waals surface area (Å²) in [6.45, 7) is 2.04. The summed E-state index contributed by atoms with van der Waals surface area (Å²) in [5.41, 5.74) is 1.59. The first-order chi connectivity index (χ1) is 8.29. The van der Waals surface area contributed by atoms with E-state index in [0.717, 1.165) is 18.8 Å². The average Bonchev–Trinajstić information content (AvgIpc) is 3.17. The van der Waals surface area contributed by atoms with Crippen LogP contribution in [0, 0.1) is 0 Å². The van der Waals surface area contributed by atoms with E-state index in [2.05, 4.69) is 20.5 Å². The minimum atomic E-state index is -0.138. The molecule has 1 amide bonds. The largest absolute Gasteiger partial charge is 0.364 e. The molecule has 2 N–H and O–H groups in total. The van der Waals surface area contributed by atoms with Gasteiger partial charge < -0.3 is 15.5 Å². The molecule has 90 valence electrons. The molecular formula is C12H16N4O. The maximum Gasteiger partial charge on any atom is 0.269 e. The lowest BCUT2D eigenvalue weighted by atomic mass is 10.2. The number of piperazine rings is 1. The van der Waals surface area contributed by atoms with Crippen LogP contribution in [0.2, 0.25) is 0 Å². The van der Waals surface area contributed by atoms with E-state index >= 15 is 0 Å². The number of carbonyl (C=O) groups excluding carboxylic acids is 1. The molecule has 1 aliphatic heterocycles. The van der Waals surface area contributed by atoms with Crippen molar-refractivity contribution in [3.63, 3.8) is 0 Å². The number of carbonyl (C=O) groups is 1. The fourth-order valence-electron chi connectivity index (χ4n) is 2.42. The lowest BCUT2D eigenvalue weighted by Crippen LogP contribution is -2.43. The molecule has 1 aromatic rings. The molecule has 1 saturated heterocycles. The van der Waals surface area contributed by atoms with Gasteiger partial charge in [-0.15, -0.1) is 0 Å². The van der Waals surface area contributed by atoms with E-state index in [4.69, 9.17) is 0 Å². The minimum Gasteiger partial charge on any atom is -0.364 e. The number of nitrogens with one attached hydrogen (secondary N) is 2. The van der Waals surface area contributed by atoms with E-state index in [1.54, 1.807) is 19.3 Å². The van der Waals surface area contributed by atoms with Crippen molar-refractivity contribution in [3.05, 3.63) is 24.0 Å². The third-order valence-electron chi connectivity index (χ3n) is 3.46. The van der Waals surface area contributed by atoms with Gasteiger partial charge in [-0.25, -0.2) is 4.98 Å². The average molecular weight is 232 g/mol. The summed E-state index contributed by atoms with van der Waals surface area (Å²) >= 11 is 0. The molecule has 1 aromatic heterocycles. The summed E-state index contributed by atoms with van der Waals surface area (Å²) in [5, 5.41) is 6.04. The van der Waals surface area contributed by atoms with Gasteiger partial charge in [0, 0.05) is 32.2 Å². The fraction of sp³-hybridized carbons (Fsp3) is 0.500. The molecule has 0 aromatic carbocycles. The summed E-state index contributed by atoms with van der Waals surface area (Å²) < 4.78 is 0. The van der Waals surface area contributed by atoms with Crippen LogP contribution in [0.25, 0.3) is 0 Å². The molecular weight excluding hydrogens is 216 g/mol. The Morgan fingerprint density at radius 2 is 2.47 bits per heavy atom. The van der Waals surface area contributed by atoms with Crippen LogP contribution in [-0.2, 0) is 0 Å². The van der Waals surface area contributed by atoms with Gasteiger partial charge in [-0.3, -0.25) is 4.79 Å². The Bertz CT molecular complexity index is 431. The van der Waals surface area contributed by atoms with Crippen molar-refractivity contribution < 1.29 is 4.79 Å². The van der Waals surface area contributed by atoms with Crippen molar-refractivity contribution in [2.24, 2.45) is 0 Å². The Morgan fingerprint density at radius 1 is 1.59 bits per heavy atom. The zero-order chi connectivity index (χ0) is 11.8. The molecule has 2 atom stereocenters. The summed E-state index contributed by atoms with van der Waals surface area (Å²) in [5.74, 6) is -0.138. The number of hydrogen-bond donors (Lipinski definition) is 2. The van der Waals surface area contributed by atoms with E-state index in [0.29, 0.717) is 17.8 Å². The molecule has 2 heterocycles. The highest BCUT2D eigenvalue weighted by Gasteiger charge is 2.44. The van der Waals surface area contributed by atoms with Crippen molar-refractivity contribution in [2.75, 3.05) is 25.0 Å². The van der Waals surface area contributed by atoms with E-state index in [9.17, 15) is 4.79 Å². The fourth-order valence-corrected chi connectivity index (χ4v) is 2.42. The second-order valence-electron chi connectivity index (χ2n) is 4.54. The van der Waals surface area contributed by atoms with Crippen LogP contribution in [-0.4, -0.2) is 43.1 Å². The van der Waals surface area contributed by atoms with Crippen molar-refractivity contribution in [2.45, 2.75) is 18.5 Å². The molecule has 1 saturated carbocycles. The van der Waals surface area contributed by atoms with Gasteiger partial charge in [0.1, 0.15) is 5.69 Å². The Labute approximate surface area is 100 Å². The zero-order valence-corrected chi connectivity index (χ0v) is 9.81. The number of aromatic nitrogens is 1. The van der Waals surface area contributed by atoms with E-state index in [1.165, 1.54) is 6.42 Å². The molecule has 5 nitrogen and oxygen atoms in total. The normalized spacial score (nSPS) is 26.3. The van der Waals surface area contributed by atoms with Gasteiger partial charge >= 0.3 is 0 Å². The van der Waals surface area contributed by atoms with Crippen LogP contribution in [0.1, 0.15) is 16.9 Å². The SMILES string of the molecule is CNC(=O)c1ccc(N2CCNC3CC32)cn1. The molecule has 2 unspecified atom stereocenters. The number of hydrogen-bond acceptors (Lipinski definition) is 4. The van der Waals surface area contributed by atoms with E-state index in [1.807, 2.05) is 6.07 Å². The standard InChI is InChI=1S/C12H16N4O/c1-13-12(17)9-3-2-8(7-15-9)16-5-4-14-10-6-11(10)16/h2-3,7,10-11,14H,4-6H2,1H3,(H,13,17).